The van der Waals surface area contributed by atoms with Gasteiger partial charge in [0.25, 0.3) is 5.91 Å². The minimum atomic E-state index is -0.585. The molecule has 7 nitrogen and oxygen atoms in total. The highest BCUT2D eigenvalue weighted by atomic mass is 16.2. The highest BCUT2D eigenvalue weighted by Gasteiger charge is 2.37. The lowest BCUT2D eigenvalue weighted by Crippen LogP contribution is -2.48. The summed E-state index contributed by atoms with van der Waals surface area (Å²) in [6, 6.07) is 5.75. The Labute approximate surface area is 231 Å². The molecule has 0 spiro atoms. The summed E-state index contributed by atoms with van der Waals surface area (Å²) in [5, 5.41) is 3.10. The number of H-pyrrole nitrogens is 1. The summed E-state index contributed by atoms with van der Waals surface area (Å²) in [6.45, 7) is 9.90. The molecule has 2 aromatic rings. The normalized spacial score (nSPS) is 21.1. The van der Waals surface area contributed by atoms with Crippen molar-refractivity contribution in [3.8, 4) is 0 Å². The van der Waals surface area contributed by atoms with Crippen molar-refractivity contribution in [2.24, 2.45) is 11.3 Å². The monoisotopic (exact) mass is 530 g/mol. The van der Waals surface area contributed by atoms with Crippen molar-refractivity contribution in [1.82, 2.24) is 15.2 Å². The lowest BCUT2D eigenvalue weighted by Gasteiger charge is -2.28. The standard InChI is InChI=1S/C32H42N4O3/c1-20-28-25(17-32(2,3)18-27(28)37)33-29(20)30(38)34-24(12-11-21-9-10-21)31(39)36-16-13-23-22(7-6-8-26(23)36)19-35-14-4-5-15-35/h6-8,21,24,33H,4-5,9-19H2,1-3H3,(H,34,38). The van der Waals surface area contributed by atoms with Crippen LogP contribution in [0, 0.1) is 18.3 Å². The fourth-order valence-corrected chi connectivity index (χ4v) is 7.01. The molecule has 0 bridgehead atoms. The molecule has 208 valence electrons. The Bertz CT molecular complexity index is 1300. The Morgan fingerprint density at radius 1 is 1.13 bits per heavy atom. The lowest BCUT2D eigenvalue weighted by molar-refractivity contribution is -0.120. The number of carbonyl (C=O) groups excluding carboxylic acids is 3. The number of ketones is 1. The smallest absolute Gasteiger partial charge is 0.268 e. The van der Waals surface area contributed by atoms with E-state index in [1.165, 1.54) is 36.8 Å². The molecule has 2 fully saturated rings. The molecule has 2 aliphatic heterocycles. The van der Waals surface area contributed by atoms with Crippen LogP contribution < -0.4 is 10.2 Å². The van der Waals surface area contributed by atoms with Gasteiger partial charge in [-0.3, -0.25) is 19.3 Å². The topological polar surface area (TPSA) is 85.5 Å². The van der Waals surface area contributed by atoms with Gasteiger partial charge in [-0.1, -0.05) is 38.8 Å². The van der Waals surface area contributed by atoms with E-state index in [2.05, 4.69) is 47.2 Å². The molecule has 1 saturated heterocycles. The zero-order valence-electron chi connectivity index (χ0n) is 23.7. The third-order valence-corrected chi connectivity index (χ3v) is 9.28. The quantitative estimate of drug-likeness (QED) is 0.506. The van der Waals surface area contributed by atoms with Gasteiger partial charge in [-0.25, -0.2) is 0 Å². The number of fused-ring (bicyclic) bond motifs is 2. The second-order valence-corrected chi connectivity index (χ2v) is 13.1. The molecule has 2 N–H and O–H groups in total. The molecular weight excluding hydrogens is 488 g/mol. The number of nitrogens with zero attached hydrogens (tertiary/aromatic N) is 2. The van der Waals surface area contributed by atoms with E-state index in [0.717, 1.165) is 50.3 Å². The summed E-state index contributed by atoms with van der Waals surface area (Å²) in [7, 11) is 0. The summed E-state index contributed by atoms with van der Waals surface area (Å²) >= 11 is 0. The molecule has 7 heteroatoms. The van der Waals surface area contributed by atoms with Crippen LogP contribution in [0.3, 0.4) is 0 Å². The van der Waals surface area contributed by atoms with Gasteiger partial charge in [-0.15, -0.1) is 0 Å². The van der Waals surface area contributed by atoms with Crippen LogP contribution >= 0.6 is 0 Å². The number of likely N-dealkylation sites (tertiary alicyclic amines) is 1. The molecule has 1 atom stereocenters. The number of benzene rings is 1. The zero-order valence-corrected chi connectivity index (χ0v) is 23.7. The van der Waals surface area contributed by atoms with Crippen LogP contribution in [-0.4, -0.2) is 53.2 Å². The van der Waals surface area contributed by atoms with Gasteiger partial charge in [0.2, 0.25) is 5.91 Å². The maximum atomic E-state index is 14.0. The third kappa shape index (κ3) is 5.30. The number of amides is 2. The van der Waals surface area contributed by atoms with Gasteiger partial charge in [0, 0.05) is 36.5 Å². The Kier molecular flexibility index (Phi) is 6.90. The van der Waals surface area contributed by atoms with Crippen LogP contribution in [0.25, 0.3) is 0 Å². The van der Waals surface area contributed by atoms with E-state index in [1.54, 1.807) is 0 Å². The first-order valence-corrected chi connectivity index (χ1v) is 14.9. The van der Waals surface area contributed by atoms with Crippen molar-refractivity contribution in [1.29, 1.82) is 0 Å². The Balaban J connectivity index is 1.22. The lowest BCUT2D eigenvalue weighted by atomic mass is 9.75. The minimum Gasteiger partial charge on any atom is -0.354 e. The zero-order chi connectivity index (χ0) is 27.3. The second-order valence-electron chi connectivity index (χ2n) is 13.1. The largest absolute Gasteiger partial charge is 0.354 e. The molecule has 39 heavy (non-hydrogen) atoms. The molecular formula is C32H42N4O3. The van der Waals surface area contributed by atoms with E-state index >= 15 is 0 Å². The molecule has 4 aliphatic rings. The average molecular weight is 531 g/mol. The molecule has 2 aliphatic carbocycles. The van der Waals surface area contributed by atoms with Crippen LogP contribution in [-0.2, 0) is 24.2 Å². The molecule has 1 saturated carbocycles. The highest BCUT2D eigenvalue weighted by Crippen LogP contribution is 2.38. The van der Waals surface area contributed by atoms with Gasteiger partial charge < -0.3 is 15.2 Å². The van der Waals surface area contributed by atoms with Crippen LogP contribution in [0.15, 0.2) is 18.2 Å². The maximum absolute atomic E-state index is 14.0. The Morgan fingerprint density at radius 3 is 2.64 bits per heavy atom. The third-order valence-electron chi connectivity index (χ3n) is 9.28. The van der Waals surface area contributed by atoms with Crippen LogP contribution in [0.2, 0.25) is 0 Å². The van der Waals surface area contributed by atoms with Gasteiger partial charge in [0.1, 0.15) is 11.7 Å². The SMILES string of the molecule is Cc1c(C(=O)NC(CCC2CC2)C(=O)N2CCc3c(CN4CCCC4)cccc32)[nH]c2c1C(=O)CC(C)(C)C2. The number of rotatable bonds is 8. The van der Waals surface area contributed by atoms with Crippen LogP contribution in [0.5, 0.6) is 0 Å². The number of nitrogens with one attached hydrogen (secondary N) is 2. The number of aromatic amines is 1. The number of aromatic nitrogens is 1. The van der Waals surface area contributed by atoms with Crippen LogP contribution in [0.4, 0.5) is 5.69 Å². The predicted molar refractivity (Wildman–Crippen MR) is 152 cm³/mol. The van der Waals surface area contributed by atoms with Crippen molar-refractivity contribution in [2.75, 3.05) is 24.5 Å². The van der Waals surface area contributed by atoms with Gasteiger partial charge in [-0.05, 0) is 92.6 Å². The first-order valence-electron chi connectivity index (χ1n) is 14.9. The summed E-state index contributed by atoms with van der Waals surface area (Å²) in [6.07, 6.45) is 8.60. The predicted octanol–water partition coefficient (Wildman–Crippen LogP) is 4.95. The average Bonchev–Trinajstić information content (AvgIpc) is 3.23. The molecule has 2 amide bonds. The number of carbonyl (C=O) groups is 3. The molecule has 1 aromatic carbocycles. The fraction of sp³-hybridized carbons (Fsp3) is 0.594. The van der Waals surface area contributed by atoms with Crippen LogP contribution in [0.1, 0.15) is 102 Å². The van der Waals surface area contributed by atoms with Crippen molar-refractivity contribution < 1.29 is 14.4 Å². The molecule has 1 unspecified atom stereocenters. The van der Waals surface area contributed by atoms with Gasteiger partial charge in [0.15, 0.2) is 5.78 Å². The van der Waals surface area contributed by atoms with Gasteiger partial charge in [-0.2, -0.15) is 0 Å². The van der Waals surface area contributed by atoms with Crippen molar-refractivity contribution in [3.63, 3.8) is 0 Å². The van der Waals surface area contributed by atoms with Gasteiger partial charge >= 0.3 is 0 Å². The van der Waals surface area contributed by atoms with Gasteiger partial charge in [0.05, 0.1) is 0 Å². The van der Waals surface area contributed by atoms with E-state index in [0.29, 0.717) is 42.1 Å². The molecule has 0 radical (unpaired) electrons. The van der Waals surface area contributed by atoms with Crippen molar-refractivity contribution >= 4 is 23.3 Å². The summed E-state index contributed by atoms with van der Waals surface area (Å²) in [4.78, 5) is 48.2. The number of hydrogen-bond acceptors (Lipinski definition) is 4. The first-order chi connectivity index (χ1) is 18.7. The number of anilines is 1. The first kappa shape index (κ1) is 26.3. The van der Waals surface area contributed by atoms with E-state index in [1.807, 2.05) is 11.8 Å². The summed E-state index contributed by atoms with van der Waals surface area (Å²) in [5.74, 6) is 0.444. The molecule has 1 aromatic heterocycles. The number of hydrogen-bond donors (Lipinski definition) is 2. The Hall–Kier alpha value is -2.93. The second kappa shape index (κ2) is 10.2. The van der Waals surface area contributed by atoms with E-state index in [4.69, 9.17) is 0 Å². The van der Waals surface area contributed by atoms with E-state index in [9.17, 15) is 14.4 Å². The Morgan fingerprint density at radius 2 is 1.90 bits per heavy atom. The summed E-state index contributed by atoms with van der Waals surface area (Å²) < 4.78 is 0. The molecule has 3 heterocycles. The minimum absolute atomic E-state index is 0.0211. The van der Waals surface area contributed by atoms with Crippen molar-refractivity contribution in [2.45, 2.75) is 91.1 Å². The highest BCUT2D eigenvalue weighted by molar-refractivity contribution is 6.06. The fourth-order valence-electron chi connectivity index (χ4n) is 7.01. The summed E-state index contributed by atoms with van der Waals surface area (Å²) in [5.41, 5.74) is 6.11. The van der Waals surface area contributed by atoms with E-state index < -0.39 is 6.04 Å². The number of Topliss-reactive ketones (excluding diaryl/α,β-unsaturated/α-hetero) is 1. The van der Waals surface area contributed by atoms with E-state index in [-0.39, 0.29) is 23.0 Å². The van der Waals surface area contributed by atoms with Crippen molar-refractivity contribution in [3.05, 3.63) is 51.8 Å². The molecule has 6 rings (SSSR count). The maximum Gasteiger partial charge on any atom is 0.268 e.